The zero-order valence-corrected chi connectivity index (χ0v) is 17.2. The molecule has 0 spiro atoms. The molecule has 0 aliphatic carbocycles. The number of rotatable bonds is 6. The van der Waals surface area contributed by atoms with E-state index in [0.717, 1.165) is 5.56 Å². The minimum absolute atomic E-state index is 0.263. The normalized spacial score (nSPS) is 10.4. The summed E-state index contributed by atoms with van der Waals surface area (Å²) in [5, 5.41) is 3.06. The van der Waals surface area contributed by atoms with Crippen LogP contribution in [0.5, 0.6) is 5.75 Å². The molecule has 0 aliphatic rings. The molecule has 0 atom stereocenters. The number of ether oxygens (including phenoxy) is 1. The molecule has 30 heavy (non-hydrogen) atoms. The van der Waals surface area contributed by atoms with Crippen molar-refractivity contribution < 1.29 is 18.7 Å². The first-order valence-corrected chi connectivity index (χ1v) is 9.50. The van der Waals surface area contributed by atoms with Crippen molar-refractivity contribution in [2.45, 2.75) is 6.54 Å². The van der Waals surface area contributed by atoms with Gasteiger partial charge in [0, 0.05) is 24.2 Å². The lowest BCUT2D eigenvalue weighted by Gasteiger charge is -2.20. The SMILES string of the molecule is COc1cccc(CN(C)C(=O)c2ccc(Cl)cc2NC(=O)c2ccc(F)cc2)c1. The summed E-state index contributed by atoms with van der Waals surface area (Å²) in [7, 11) is 3.25. The molecular formula is C23H20ClFN2O3. The van der Waals surface area contributed by atoms with Crippen molar-refractivity contribution in [3.8, 4) is 5.75 Å². The van der Waals surface area contributed by atoms with Gasteiger partial charge in [0.05, 0.1) is 18.4 Å². The second-order valence-electron chi connectivity index (χ2n) is 6.66. The van der Waals surface area contributed by atoms with Crippen LogP contribution < -0.4 is 10.1 Å². The number of benzene rings is 3. The van der Waals surface area contributed by atoms with E-state index < -0.39 is 11.7 Å². The third-order valence-corrected chi connectivity index (χ3v) is 4.70. The van der Waals surface area contributed by atoms with Crippen molar-refractivity contribution in [1.29, 1.82) is 0 Å². The van der Waals surface area contributed by atoms with Crippen LogP contribution in [0.3, 0.4) is 0 Å². The summed E-state index contributed by atoms with van der Waals surface area (Å²) in [5.74, 6) is -0.498. The molecule has 0 fully saturated rings. The quantitative estimate of drug-likeness (QED) is 0.602. The average Bonchev–Trinajstić information content (AvgIpc) is 2.74. The predicted octanol–water partition coefficient (Wildman–Crippen LogP) is 5.01. The molecule has 154 valence electrons. The van der Waals surface area contributed by atoms with E-state index in [2.05, 4.69) is 5.32 Å². The van der Waals surface area contributed by atoms with E-state index in [9.17, 15) is 14.0 Å². The minimum Gasteiger partial charge on any atom is -0.497 e. The third-order valence-electron chi connectivity index (χ3n) is 4.47. The van der Waals surface area contributed by atoms with Crippen LogP contribution in [0.4, 0.5) is 10.1 Å². The number of halogens is 2. The molecule has 2 amide bonds. The number of nitrogens with zero attached hydrogens (tertiary/aromatic N) is 1. The number of methoxy groups -OCH3 is 1. The molecule has 3 aromatic carbocycles. The van der Waals surface area contributed by atoms with Gasteiger partial charge in [0.25, 0.3) is 11.8 Å². The number of carbonyl (C=O) groups excluding carboxylic acids is 2. The number of carbonyl (C=O) groups is 2. The number of amides is 2. The molecular weight excluding hydrogens is 407 g/mol. The first-order valence-electron chi connectivity index (χ1n) is 9.12. The van der Waals surface area contributed by atoms with E-state index in [1.807, 2.05) is 24.3 Å². The number of nitrogens with one attached hydrogen (secondary N) is 1. The molecule has 3 rings (SSSR count). The molecule has 0 aliphatic heterocycles. The summed E-state index contributed by atoms with van der Waals surface area (Å²) in [6, 6.07) is 17.2. The zero-order chi connectivity index (χ0) is 21.7. The van der Waals surface area contributed by atoms with Crippen LogP contribution in [0.25, 0.3) is 0 Å². The molecule has 0 heterocycles. The maximum absolute atomic E-state index is 13.1. The molecule has 0 radical (unpaired) electrons. The Kier molecular flexibility index (Phi) is 6.69. The first-order chi connectivity index (χ1) is 14.4. The van der Waals surface area contributed by atoms with Gasteiger partial charge in [0.1, 0.15) is 11.6 Å². The highest BCUT2D eigenvalue weighted by molar-refractivity contribution is 6.31. The van der Waals surface area contributed by atoms with E-state index >= 15 is 0 Å². The van der Waals surface area contributed by atoms with Crippen molar-refractivity contribution in [3.05, 3.63) is 94.3 Å². The van der Waals surface area contributed by atoms with Gasteiger partial charge in [0.2, 0.25) is 0 Å². The molecule has 0 bridgehead atoms. The number of hydrogen-bond donors (Lipinski definition) is 1. The van der Waals surface area contributed by atoms with Gasteiger partial charge in [-0.25, -0.2) is 4.39 Å². The lowest BCUT2D eigenvalue weighted by atomic mass is 10.1. The Labute approximate surface area is 179 Å². The largest absolute Gasteiger partial charge is 0.497 e. The zero-order valence-electron chi connectivity index (χ0n) is 16.5. The Morgan fingerprint density at radius 2 is 1.80 bits per heavy atom. The van der Waals surface area contributed by atoms with Gasteiger partial charge in [-0.15, -0.1) is 0 Å². The molecule has 7 heteroatoms. The molecule has 0 aromatic heterocycles. The maximum atomic E-state index is 13.1. The van der Waals surface area contributed by atoms with E-state index in [1.54, 1.807) is 26.3 Å². The van der Waals surface area contributed by atoms with Crippen molar-refractivity contribution in [2.75, 3.05) is 19.5 Å². The minimum atomic E-state index is -0.471. The molecule has 5 nitrogen and oxygen atoms in total. The fourth-order valence-electron chi connectivity index (χ4n) is 2.92. The van der Waals surface area contributed by atoms with Gasteiger partial charge in [0.15, 0.2) is 0 Å². The second-order valence-corrected chi connectivity index (χ2v) is 7.10. The molecule has 3 aromatic rings. The summed E-state index contributed by atoms with van der Waals surface area (Å²) < 4.78 is 18.3. The van der Waals surface area contributed by atoms with Crippen LogP contribution in [-0.4, -0.2) is 30.9 Å². The van der Waals surface area contributed by atoms with Gasteiger partial charge >= 0.3 is 0 Å². The molecule has 1 N–H and O–H groups in total. The van der Waals surface area contributed by atoms with Crippen LogP contribution in [0.15, 0.2) is 66.7 Å². The molecule has 0 saturated carbocycles. The average molecular weight is 427 g/mol. The molecule has 0 unspecified atom stereocenters. The van der Waals surface area contributed by atoms with E-state index in [4.69, 9.17) is 16.3 Å². The highest BCUT2D eigenvalue weighted by atomic mass is 35.5. The van der Waals surface area contributed by atoms with Crippen LogP contribution in [0.1, 0.15) is 26.3 Å². The first kappa shape index (κ1) is 21.3. The Morgan fingerprint density at radius 3 is 2.50 bits per heavy atom. The Balaban J connectivity index is 1.81. The summed E-state index contributed by atoms with van der Waals surface area (Å²) >= 11 is 6.07. The van der Waals surface area contributed by atoms with E-state index in [1.165, 1.54) is 35.2 Å². The lowest BCUT2D eigenvalue weighted by molar-refractivity contribution is 0.0786. The predicted molar refractivity (Wildman–Crippen MR) is 115 cm³/mol. The van der Waals surface area contributed by atoms with Gasteiger partial charge in [-0.05, 0) is 60.2 Å². The summed E-state index contributed by atoms with van der Waals surface area (Å²) in [4.78, 5) is 27.1. The fraction of sp³-hybridized carbons (Fsp3) is 0.130. The van der Waals surface area contributed by atoms with Gasteiger partial charge < -0.3 is 15.0 Å². The molecule has 0 saturated heterocycles. The summed E-state index contributed by atoms with van der Waals surface area (Å²) in [5.41, 5.74) is 1.73. The van der Waals surface area contributed by atoms with Gasteiger partial charge in [-0.3, -0.25) is 9.59 Å². The number of anilines is 1. The van der Waals surface area contributed by atoms with Crippen LogP contribution in [-0.2, 0) is 6.54 Å². The van der Waals surface area contributed by atoms with Crippen LogP contribution in [0, 0.1) is 5.82 Å². The van der Waals surface area contributed by atoms with Crippen LogP contribution in [0.2, 0.25) is 5.02 Å². The highest BCUT2D eigenvalue weighted by Crippen LogP contribution is 2.24. The maximum Gasteiger partial charge on any atom is 0.256 e. The standard InChI is InChI=1S/C23H20ClFN2O3/c1-27(14-15-4-3-5-19(12-15)30-2)23(29)20-11-8-17(24)13-21(20)26-22(28)16-6-9-18(25)10-7-16/h3-13H,14H2,1-2H3,(H,26,28). The van der Waals surface area contributed by atoms with Gasteiger partial charge in [-0.2, -0.15) is 0 Å². The number of hydrogen-bond acceptors (Lipinski definition) is 3. The topological polar surface area (TPSA) is 58.6 Å². The van der Waals surface area contributed by atoms with E-state index in [0.29, 0.717) is 22.9 Å². The van der Waals surface area contributed by atoms with Crippen molar-refractivity contribution in [2.24, 2.45) is 0 Å². The highest BCUT2D eigenvalue weighted by Gasteiger charge is 2.19. The van der Waals surface area contributed by atoms with Crippen molar-refractivity contribution in [3.63, 3.8) is 0 Å². The van der Waals surface area contributed by atoms with Crippen LogP contribution >= 0.6 is 11.6 Å². The van der Waals surface area contributed by atoms with Crippen molar-refractivity contribution >= 4 is 29.1 Å². The van der Waals surface area contributed by atoms with Crippen molar-refractivity contribution in [1.82, 2.24) is 4.90 Å². The smallest absolute Gasteiger partial charge is 0.256 e. The van der Waals surface area contributed by atoms with E-state index in [-0.39, 0.29) is 17.2 Å². The Morgan fingerprint density at radius 1 is 1.07 bits per heavy atom. The summed E-state index contributed by atoms with van der Waals surface area (Å²) in [6.07, 6.45) is 0. The monoisotopic (exact) mass is 426 g/mol. The summed E-state index contributed by atoms with van der Waals surface area (Å²) in [6.45, 7) is 0.351. The Bertz CT molecular complexity index is 1070. The fourth-order valence-corrected chi connectivity index (χ4v) is 3.10. The lowest BCUT2D eigenvalue weighted by Crippen LogP contribution is -2.27. The Hall–Kier alpha value is -3.38. The van der Waals surface area contributed by atoms with Gasteiger partial charge in [-0.1, -0.05) is 23.7 Å². The third kappa shape index (κ3) is 5.15. The second kappa shape index (κ2) is 9.41.